The number of carboxylic acids is 1. The Morgan fingerprint density at radius 1 is 0.677 bits per heavy atom. The zero-order chi connectivity index (χ0) is 23.0. The fraction of sp³-hybridized carbons (Fsp3) is 0.923. The molecule has 5 heteroatoms. The molecule has 0 aromatic heterocycles. The van der Waals surface area contributed by atoms with E-state index in [4.69, 9.17) is 4.74 Å². The molecule has 0 saturated carbocycles. The Morgan fingerprint density at radius 3 is 1.55 bits per heavy atom. The third kappa shape index (κ3) is 21.9. The highest BCUT2D eigenvalue weighted by Crippen LogP contribution is 2.11. The van der Waals surface area contributed by atoms with Gasteiger partial charge in [0.25, 0.3) is 0 Å². The molecule has 0 spiro atoms. The Balaban J connectivity index is 3.62. The van der Waals surface area contributed by atoms with Crippen molar-refractivity contribution >= 4 is 11.9 Å². The number of hydrogen-bond donors (Lipinski definition) is 2. The Morgan fingerprint density at radius 2 is 1.10 bits per heavy atom. The summed E-state index contributed by atoms with van der Waals surface area (Å²) in [7, 11) is 0. The van der Waals surface area contributed by atoms with E-state index < -0.39 is 18.0 Å². The van der Waals surface area contributed by atoms with Gasteiger partial charge in [-0.15, -0.1) is 0 Å². The summed E-state index contributed by atoms with van der Waals surface area (Å²) in [5.41, 5.74) is 0. The van der Waals surface area contributed by atoms with Crippen molar-refractivity contribution in [1.29, 1.82) is 0 Å². The third-order valence-electron chi connectivity index (χ3n) is 5.85. The first-order valence-electron chi connectivity index (χ1n) is 13.2. The van der Waals surface area contributed by atoms with Gasteiger partial charge in [0.1, 0.15) is 6.04 Å². The highest BCUT2D eigenvalue weighted by atomic mass is 16.5. The lowest BCUT2D eigenvalue weighted by atomic mass is 10.1. The maximum absolute atomic E-state index is 11.9. The average Bonchev–Trinajstić information content (AvgIpc) is 2.75. The quantitative estimate of drug-likeness (QED) is 0.124. The first kappa shape index (κ1) is 29.9. The van der Waals surface area contributed by atoms with E-state index in [1.807, 2.05) is 0 Å². The molecule has 1 unspecified atom stereocenters. The molecule has 0 aliphatic carbocycles. The van der Waals surface area contributed by atoms with Crippen molar-refractivity contribution in [2.75, 3.05) is 13.2 Å². The number of ether oxygens (including phenoxy) is 1. The maximum Gasteiger partial charge on any atom is 0.321 e. The molecule has 0 rings (SSSR count). The van der Waals surface area contributed by atoms with Crippen LogP contribution in [0.3, 0.4) is 0 Å². The van der Waals surface area contributed by atoms with Crippen LogP contribution in [0.1, 0.15) is 136 Å². The Labute approximate surface area is 192 Å². The average molecular weight is 442 g/mol. The number of nitrogens with one attached hydrogen (secondary N) is 1. The zero-order valence-electron chi connectivity index (χ0n) is 20.6. The molecule has 5 nitrogen and oxygen atoms in total. The smallest absolute Gasteiger partial charge is 0.321 e. The van der Waals surface area contributed by atoms with E-state index in [1.54, 1.807) is 0 Å². The minimum absolute atomic E-state index is 0.0931. The van der Waals surface area contributed by atoms with E-state index in [0.29, 0.717) is 13.2 Å². The molecule has 0 aromatic rings. The zero-order valence-corrected chi connectivity index (χ0v) is 20.6. The second-order valence-electron chi connectivity index (χ2n) is 8.93. The van der Waals surface area contributed by atoms with Crippen molar-refractivity contribution < 1.29 is 19.4 Å². The van der Waals surface area contributed by atoms with Crippen LogP contribution < -0.4 is 5.32 Å². The number of hydrogen-bond acceptors (Lipinski definition) is 4. The standard InChI is InChI=1S/C26H51NO4/c1-3-5-7-9-11-13-14-15-17-19-21-27-24(26(29)30)23-25(28)31-22-20-18-16-12-10-8-6-4-2/h24,27H,3-23H2,1-2H3,(H,29,30). The van der Waals surface area contributed by atoms with Gasteiger partial charge in [-0.1, -0.05) is 117 Å². The minimum atomic E-state index is -0.976. The highest BCUT2D eigenvalue weighted by molar-refractivity contribution is 5.81. The summed E-state index contributed by atoms with van der Waals surface area (Å²) in [4.78, 5) is 23.3. The minimum Gasteiger partial charge on any atom is -0.480 e. The number of carboxylic acid groups (broad SMARTS) is 1. The fourth-order valence-electron chi connectivity index (χ4n) is 3.78. The van der Waals surface area contributed by atoms with Crippen molar-refractivity contribution in [2.45, 2.75) is 142 Å². The summed E-state index contributed by atoms with van der Waals surface area (Å²) in [6.45, 7) is 5.50. The van der Waals surface area contributed by atoms with E-state index in [-0.39, 0.29) is 6.42 Å². The Bertz CT molecular complexity index is 414. The van der Waals surface area contributed by atoms with Gasteiger partial charge in [0.05, 0.1) is 13.0 Å². The molecule has 0 aliphatic heterocycles. The molecule has 1 atom stereocenters. The molecule has 0 fully saturated rings. The van der Waals surface area contributed by atoms with Gasteiger partial charge in [0.15, 0.2) is 0 Å². The van der Waals surface area contributed by atoms with E-state index in [9.17, 15) is 14.7 Å². The van der Waals surface area contributed by atoms with Crippen molar-refractivity contribution in [1.82, 2.24) is 5.32 Å². The molecule has 2 N–H and O–H groups in total. The highest BCUT2D eigenvalue weighted by Gasteiger charge is 2.21. The van der Waals surface area contributed by atoms with Crippen LogP contribution >= 0.6 is 0 Å². The summed E-state index contributed by atoms with van der Waals surface area (Å²) in [6, 6.07) is -0.843. The normalized spacial score (nSPS) is 12.1. The topological polar surface area (TPSA) is 75.6 Å². The lowest BCUT2D eigenvalue weighted by molar-refractivity contribution is -0.149. The van der Waals surface area contributed by atoms with Gasteiger partial charge in [-0.2, -0.15) is 0 Å². The van der Waals surface area contributed by atoms with Crippen LogP contribution in [0.15, 0.2) is 0 Å². The first-order chi connectivity index (χ1) is 15.1. The van der Waals surface area contributed by atoms with Gasteiger partial charge in [0, 0.05) is 0 Å². The monoisotopic (exact) mass is 441 g/mol. The first-order valence-corrected chi connectivity index (χ1v) is 13.2. The molecule has 0 heterocycles. The number of unbranched alkanes of at least 4 members (excludes halogenated alkanes) is 16. The largest absolute Gasteiger partial charge is 0.480 e. The van der Waals surface area contributed by atoms with Gasteiger partial charge in [-0.25, -0.2) is 0 Å². The molecular formula is C26H51NO4. The lowest BCUT2D eigenvalue weighted by Gasteiger charge is -2.14. The van der Waals surface area contributed by atoms with E-state index in [2.05, 4.69) is 19.2 Å². The van der Waals surface area contributed by atoms with Gasteiger partial charge in [-0.3, -0.25) is 9.59 Å². The van der Waals surface area contributed by atoms with Crippen LogP contribution in [-0.4, -0.2) is 36.2 Å². The van der Waals surface area contributed by atoms with Gasteiger partial charge < -0.3 is 15.2 Å². The number of rotatable bonds is 24. The molecule has 31 heavy (non-hydrogen) atoms. The predicted molar refractivity (Wildman–Crippen MR) is 129 cm³/mol. The maximum atomic E-state index is 11.9. The second kappa shape index (κ2) is 23.6. The van der Waals surface area contributed by atoms with Crippen LogP contribution in [0.5, 0.6) is 0 Å². The predicted octanol–water partition coefficient (Wildman–Crippen LogP) is 7.02. The fourth-order valence-corrected chi connectivity index (χ4v) is 3.78. The molecule has 0 radical (unpaired) electrons. The molecule has 0 amide bonds. The van der Waals surface area contributed by atoms with Crippen molar-refractivity contribution in [3.05, 3.63) is 0 Å². The van der Waals surface area contributed by atoms with E-state index in [1.165, 1.54) is 89.9 Å². The van der Waals surface area contributed by atoms with Crippen LogP contribution in [0.4, 0.5) is 0 Å². The molecule has 0 aromatic carbocycles. The number of carbonyl (C=O) groups excluding carboxylic acids is 1. The van der Waals surface area contributed by atoms with E-state index in [0.717, 1.165) is 25.7 Å². The van der Waals surface area contributed by atoms with Crippen LogP contribution in [0.25, 0.3) is 0 Å². The Hall–Kier alpha value is -1.10. The van der Waals surface area contributed by atoms with Crippen LogP contribution in [0, 0.1) is 0 Å². The summed E-state index contributed by atoms with van der Waals surface area (Å²) >= 11 is 0. The van der Waals surface area contributed by atoms with E-state index >= 15 is 0 Å². The summed E-state index contributed by atoms with van der Waals surface area (Å²) in [5, 5.41) is 12.4. The number of carbonyl (C=O) groups is 2. The van der Waals surface area contributed by atoms with Gasteiger partial charge in [-0.05, 0) is 19.4 Å². The second-order valence-corrected chi connectivity index (χ2v) is 8.93. The summed E-state index contributed by atoms with van der Waals surface area (Å²) in [6.07, 6.45) is 22.0. The molecular weight excluding hydrogens is 390 g/mol. The molecule has 184 valence electrons. The lowest BCUT2D eigenvalue weighted by Crippen LogP contribution is -2.39. The SMILES string of the molecule is CCCCCCCCCCCCNC(CC(=O)OCCCCCCCCCC)C(=O)O. The van der Waals surface area contributed by atoms with Gasteiger partial charge in [0.2, 0.25) is 0 Å². The number of aliphatic carboxylic acids is 1. The molecule has 0 bridgehead atoms. The Kier molecular flexibility index (Phi) is 22.7. The van der Waals surface area contributed by atoms with Crippen molar-refractivity contribution in [3.8, 4) is 0 Å². The number of esters is 1. The van der Waals surface area contributed by atoms with Crippen LogP contribution in [0.2, 0.25) is 0 Å². The molecule has 0 aliphatic rings. The van der Waals surface area contributed by atoms with Crippen molar-refractivity contribution in [3.63, 3.8) is 0 Å². The van der Waals surface area contributed by atoms with Crippen LogP contribution in [-0.2, 0) is 14.3 Å². The molecule has 0 saturated heterocycles. The summed E-state index contributed by atoms with van der Waals surface area (Å²) in [5.74, 6) is -1.39. The summed E-state index contributed by atoms with van der Waals surface area (Å²) < 4.78 is 5.23. The van der Waals surface area contributed by atoms with Gasteiger partial charge >= 0.3 is 11.9 Å². The van der Waals surface area contributed by atoms with Crippen molar-refractivity contribution in [2.24, 2.45) is 0 Å². The third-order valence-corrected chi connectivity index (χ3v) is 5.85.